The van der Waals surface area contributed by atoms with Gasteiger partial charge in [-0.3, -0.25) is 4.79 Å². The quantitative estimate of drug-likeness (QED) is 0.733. The summed E-state index contributed by atoms with van der Waals surface area (Å²) < 4.78 is 5.15. The van der Waals surface area contributed by atoms with E-state index < -0.39 is 0 Å². The Kier molecular flexibility index (Phi) is 2.70. The van der Waals surface area contributed by atoms with Gasteiger partial charge < -0.3 is 4.74 Å². The lowest BCUT2D eigenvalue weighted by atomic mass is 9.83. The van der Waals surface area contributed by atoms with Crippen molar-refractivity contribution in [1.82, 2.24) is 0 Å². The van der Waals surface area contributed by atoms with E-state index in [1.165, 1.54) is 0 Å². The molecule has 1 aliphatic rings. The van der Waals surface area contributed by atoms with Crippen LogP contribution in [0.4, 0.5) is 0 Å². The predicted molar refractivity (Wildman–Crippen MR) is 59.7 cm³/mol. The third-order valence-corrected chi connectivity index (χ3v) is 3.35. The second kappa shape index (κ2) is 3.86. The van der Waals surface area contributed by atoms with Crippen LogP contribution in [-0.4, -0.2) is 12.9 Å². The Morgan fingerprint density at radius 2 is 2.13 bits per heavy atom. The molecule has 0 saturated heterocycles. The minimum Gasteiger partial charge on any atom is -0.497 e. The predicted octanol–water partition coefficient (Wildman–Crippen LogP) is 2.97. The number of carbonyl (C=O) groups is 1. The first-order valence-corrected chi connectivity index (χ1v) is 5.40. The van der Waals surface area contributed by atoms with Gasteiger partial charge in [-0.15, -0.1) is 0 Å². The van der Waals surface area contributed by atoms with E-state index in [2.05, 4.69) is 0 Å². The van der Waals surface area contributed by atoms with Gasteiger partial charge in [0.25, 0.3) is 0 Å². The highest BCUT2D eigenvalue weighted by atomic mass is 35.5. The van der Waals surface area contributed by atoms with Gasteiger partial charge in [-0.1, -0.05) is 18.5 Å². The molecule has 2 nitrogen and oxygen atoms in total. The summed E-state index contributed by atoms with van der Waals surface area (Å²) in [5, 5.41) is 0.712. The molecule has 0 fully saturated rings. The van der Waals surface area contributed by atoms with Gasteiger partial charge >= 0.3 is 0 Å². The van der Waals surface area contributed by atoms with Crippen molar-refractivity contribution in [2.24, 2.45) is 0 Å². The molecule has 0 radical (unpaired) electrons. The lowest BCUT2D eigenvalue weighted by Crippen LogP contribution is -2.18. The smallest absolute Gasteiger partial charge is 0.140 e. The molecule has 1 aromatic rings. The summed E-state index contributed by atoms with van der Waals surface area (Å²) in [6, 6.07) is 3.73. The minimum atomic E-state index is -0.0543. The molecule has 0 bridgehead atoms. The van der Waals surface area contributed by atoms with Crippen LogP contribution in [-0.2, 0) is 11.2 Å². The van der Waals surface area contributed by atoms with Crippen LogP contribution < -0.4 is 4.74 Å². The van der Waals surface area contributed by atoms with Crippen molar-refractivity contribution in [1.29, 1.82) is 0 Å². The second-order valence-electron chi connectivity index (χ2n) is 3.87. The van der Waals surface area contributed by atoms with Crippen LogP contribution in [0.5, 0.6) is 5.75 Å². The Morgan fingerprint density at radius 1 is 1.40 bits per heavy atom. The highest BCUT2D eigenvalue weighted by Gasteiger charge is 2.25. The number of carbonyl (C=O) groups excluding carboxylic acids is 1. The van der Waals surface area contributed by atoms with Gasteiger partial charge in [0.2, 0.25) is 0 Å². The van der Waals surface area contributed by atoms with Crippen LogP contribution in [0.25, 0.3) is 0 Å². The SMILES string of the molecule is COc1cc(Cl)c2c(c1)C(C)C(=O)CC2. The number of hydrogen-bond donors (Lipinski definition) is 0. The number of benzene rings is 1. The minimum absolute atomic E-state index is 0.0543. The fourth-order valence-electron chi connectivity index (χ4n) is 2.04. The molecule has 0 N–H and O–H groups in total. The van der Waals surface area contributed by atoms with E-state index in [0.29, 0.717) is 11.4 Å². The zero-order valence-electron chi connectivity index (χ0n) is 8.84. The zero-order chi connectivity index (χ0) is 11.0. The third-order valence-electron chi connectivity index (χ3n) is 3.01. The average molecular weight is 225 g/mol. The van der Waals surface area contributed by atoms with Crippen LogP contribution in [0.15, 0.2) is 12.1 Å². The fraction of sp³-hybridized carbons (Fsp3) is 0.417. The molecular formula is C12H13ClO2. The molecule has 1 aliphatic carbocycles. The Balaban J connectivity index is 2.55. The van der Waals surface area contributed by atoms with Gasteiger partial charge in [0.1, 0.15) is 11.5 Å². The second-order valence-corrected chi connectivity index (χ2v) is 4.27. The largest absolute Gasteiger partial charge is 0.497 e. The summed E-state index contributed by atoms with van der Waals surface area (Å²) in [7, 11) is 1.60. The van der Waals surface area contributed by atoms with E-state index in [1.54, 1.807) is 7.11 Å². The zero-order valence-corrected chi connectivity index (χ0v) is 9.60. The van der Waals surface area contributed by atoms with Crippen LogP contribution in [0, 0.1) is 0 Å². The number of methoxy groups -OCH3 is 1. The molecule has 0 aromatic heterocycles. The van der Waals surface area contributed by atoms with Gasteiger partial charge in [0.15, 0.2) is 0 Å². The number of hydrogen-bond acceptors (Lipinski definition) is 2. The topological polar surface area (TPSA) is 26.3 Å². The molecule has 0 saturated carbocycles. The number of ether oxygens (including phenoxy) is 1. The van der Waals surface area contributed by atoms with E-state index in [4.69, 9.17) is 16.3 Å². The monoisotopic (exact) mass is 224 g/mol. The van der Waals surface area contributed by atoms with Crippen molar-refractivity contribution in [3.63, 3.8) is 0 Å². The molecule has 1 unspecified atom stereocenters. The van der Waals surface area contributed by atoms with Gasteiger partial charge in [-0.2, -0.15) is 0 Å². The summed E-state index contributed by atoms with van der Waals surface area (Å²) in [5.74, 6) is 0.952. The van der Waals surface area contributed by atoms with E-state index >= 15 is 0 Å². The Labute approximate surface area is 94.2 Å². The van der Waals surface area contributed by atoms with Crippen LogP contribution in [0.2, 0.25) is 5.02 Å². The van der Waals surface area contributed by atoms with Crippen LogP contribution >= 0.6 is 11.6 Å². The average Bonchev–Trinajstić information content (AvgIpc) is 2.23. The standard InChI is InChI=1S/C12H13ClO2/c1-7-10-5-8(15-2)6-11(13)9(10)3-4-12(7)14/h5-7H,3-4H2,1-2H3. The van der Waals surface area contributed by atoms with Gasteiger partial charge in [-0.05, 0) is 29.7 Å². The summed E-state index contributed by atoms with van der Waals surface area (Å²) in [5.41, 5.74) is 2.13. The maximum absolute atomic E-state index is 11.6. The molecule has 1 aromatic carbocycles. The van der Waals surface area contributed by atoms with Crippen molar-refractivity contribution < 1.29 is 9.53 Å². The number of fused-ring (bicyclic) bond motifs is 1. The Bertz CT molecular complexity index is 412. The number of ketones is 1. The van der Waals surface area contributed by atoms with E-state index in [1.807, 2.05) is 19.1 Å². The summed E-state index contributed by atoms with van der Waals surface area (Å²) in [4.78, 5) is 11.6. The van der Waals surface area contributed by atoms with Crippen LogP contribution in [0.1, 0.15) is 30.4 Å². The lowest BCUT2D eigenvalue weighted by Gasteiger charge is -2.22. The number of halogens is 1. The summed E-state index contributed by atoms with van der Waals surface area (Å²) >= 11 is 6.15. The molecular weight excluding hydrogens is 212 g/mol. The highest BCUT2D eigenvalue weighted by Crippen LogP contribution is 2.36. The lowest BCUT2D eigenvalue weighted by molar-refractivity contribution is -0.120. The van der Waals surface area contributed by atoms with E-state index in [-0.39, 0.29) is 11.7 Å². The van der Waals surface area contributed by atoms with Crippen molar-refractivity contribution in [2.75, 3.05) is 7.11 Å². The fourth-order valence-corrected chi connectivity index (χ4v) is 2.35. The third kappa shape index (κ3) is 1.74. The summed E-state index contributed by atoms with van der Waals surface area (Å²) in [6.07, 6.45) is 1.35. The summed E-state index contributed by atoms with van der Waals surface area (Å²) in [6.45, 7) is 1.93. The van der Waals surface area contributed by atoms with Gasteiger partial charge in [0.05, 0.1) is 7.11 Å². The van der Waals surface area contributed by atoms with E-state index in [9.17, 15) is 4.79 Å². The Morgan fingerprint density at radius 3 is 2.80 bits per heavy atom. The Hall–Kier alpha value is -1.02. The first-order chi connectivity index (χ1) is 7.13. The van der Waals surface area contributed by atoms with Gasteiger partial charge in [-0.25, -0.2) is 0 Å². The van der Waals surface area contributed by atoms with Gasteiger partial charge in [0, 0.05) is 17.4 Å². The maximum atomic E-state index is 11.6. The first-order valence-electron chi connectivity index (χ1n) is 5.02. The van der Waals surface area contributed by atoms with Crippen molar-refractivity contribution in [3.8, 4) is 5.75 Å². The van der Waals surface area contributed by atoms with Crippen molar-refractivity contribution in [3.05, 3.63) is 28.3 Å². The molecule has 80 valence electrons. The van der Waals surface area contributed by atoms with Crippen molar-refractivity contribution >= 4 is 17.4 Å². The molecule has 0 aliphatic heterocycles. The maximum Gasteiger partial charge on any atom is 0.140 e. The number of Topliss-reactive ketones (excluding diaryl/α,β-unsaturated/α-hetero) is 1. The number of rotatable bonds is 1. The highest BCUT2D eigenvalue weighted by molar-refractivity contribution is 6.31. The molecule has 0 amide bonds. The van der Waals surface area contributed by atoms with Crippen LogP contribution in [0.3, 0.4) is 0 Å². The molecule has 0 heterocycles. The molecule has 15 heavy (non-hydrogen) atoms. The first kappa shape index (κ1) is 10.5. The van der Waals surface area contributed by atoms with E-state index in [0.717, 1.165) is 23.3 Å². The van der Waals surface area contributed by atoms with Crippen molar-refractivity contribution in [2.45, 2.75) is 25.7 Å². The normalized spacial score (nSPS) is 19.9. The molecule has 3 heteroatoms. The molecule has 0 spiro atoms. The molecule has 1 atom stereocenters. The molecule has 2 rings (SSSR count).